The van der Waals surface area contributed by atoms with Crippen LogP contribution in [-0.4, -0.2) is 36.7 Å². The summed E-state index contributed by atoms with van der Waals surface area (Å²) in [4.78, 5) is 2.48. The average Bonchev–Trinajstić information content (AvgIpc) is 2.20. The maximum Gasteiger partial charge on any atom is 0.0678 e. The third kappa shape index (κ3) is 10.4. The molecule has 100 valence electrons. The van der Waals surface area contributed by atoms with Crippen molar-refractivity contribution in [1.82, 2.24) is 4.90 Å². The van der Waals surface area contributed by atoms with Crippen LogP contribution in [0.25, 0.3) is 0 Å². The summed E-state index contributed by atoms with van der Waals surface area (Å²) in [6.45, 7) is 18.2. The van der Waals surface area contributed by atoms with E-state index in [0.717, 1.165) is 13.1 Å². The fourth-order valence-corrected chi connectivity index (χ4v) is 1.78. The smallest absolute Gasteiger partial charge is 0.0678 e. The third-order valence-electron chi connectivity index (χ3n) is 2.04. The molecule has 0 saturated carbocycles. The number of ether oxygens (including phenoxy) is 1. The molecule has 2 atom stereocenters. The van der Waals surface area contributed by atoms with Crippen LogP contribution in [0.3, 0.4) is 0 Å². The quantitative estimate of drug-likeness (QED) is 0.713. The predicted octanol–water partition coefficient (Wildman–Crippen LogP) is 3.95. The Hall–Kier alpha value is -0.0800. The second-order valence-electron chi connectivity index (χ2n) is 4.22. The van der Waals surface area contributed by atoms with Crippen molar-refractivity contribution >= 4 is 0 Å². The number of hydrogen-bond acceptors (Lipinski definition) is 2. The maximum absolute atomic E-state index is 5.62. The molecular formula is C14H33NO. The van der Waals surface area contributed by atoms with Crippen molar-refractivity contribution in [3.05, 3.63) is 0 Å². The molecule has 1 aliphatic heterocycles. The van der Waals surface area contributed by atoms with Crippen molar-refractivity contribution in [2.24, 2.45) is 0 Å². The second-order valence-corrected chi connectivity index (χ2v) is 4.22. The first kappa shape index (κ1) is 18.3. The summed E-state index contributed by atoms with van der Waals surface area (Å²) in [6.07, 6.45) is 3.34. The highest BCUT2D eigenvalue weighted by Crippen LogP contribution is 2.10. The highest BCUT2D eigenvalue weighted by atomic mass is 16.5. The lowest BCUT2D eigenvalue weighted by Crippen LogP contribution is -2.45. The van der Waals surface area contributed by atoms with Gasteiger partial charge in [0, 0.05) is 13.1 Å². The first-order valence-corrected chi connectivity index (χ1v) is 7.01. The van der Waals surface area contributed by atoms with Crippen molar-refractivity contribution < 1.29 is 4.74 Å². The van der Waals surface area contributed by atoms with Gasteiger partial charge in [0.1, 0.15) is 0 Å². The standard InChI is InChI=1S/C9H19NO.C3H8.C2H6/c1-4-5-10-6-8(2)11-9(3)7-10;1-3-2;1-2/h8-9H,4-7H2,1-3H3;3H2,1-2H3;1-2H3. The molecule has 16 heavy (non-hydrogen) atoms. The molecule has 0 radical (unpaired) electrons. The molecule has 0 amide bonds. The van der Waals surface area contributed by atoms with E-state index in [4.69, 9.17) is 4.74 Å². The summed E-state index contributed by atoms with van der Waals surface area (Å²) in [5.41, 5.74) is 0. The fraction of sp³-hybridized carbons (Fsp3) is 1.00. The molecule has 2 nitrogen and oxygen atoms in total. The minimum atomic E-state index is 0.422. The molecule has 0 N–H and O–H groups in total. The van der Waals surface area contributed by atoms with Gasteiger partial charge in [-0.3, -0.25) is 4.90 Å². The zero-order valence-electron chi connectivity index (χ0n) is 12.5. The van der Waals surface area contributed by atoms with Crippen molar-refractivity contribution in [1.29, 1.82) is 0 Å². The first-order valence-electron chi connectivity index (χ1n) is 7.01. The van der Waals surface area contributed by atoms with E-state index < -0.39 is 0 Å². The summed E-state index contributed by atoms with van der Waals surface area (Å²) < 4.78 is 5.62. The lowest BCUT2D eigenvalue weighted by molar-refractivity contribution is -0.0677. The Labute approximate surface area is 103 Å². The van der Waals surface area contributed by atoms with E-state index in [1.807, 2.05) is 13.8 Å². The third-order valence-corrected chi connectivity index (χ3v) is 2.04. The molecule has 1 heterocycles. The normalized spacial score (nSPS) is 24.9. The van der Waals surface area contributed by atoms with E-state index in [2.05, 4.69) is 39.5 Å². The van der Waals surface area contributed by atoms with Gasteiger partial charge in [-0.1, -0.05) is 41.0 Å². The Bertz CT molecular complexity index is 118. The number of nitrogens with zero attached hydrogens (tertiary/aromatic N) is 1. The van der Waals surface area contributed by atoms with Crippen LogP contribution in [0.4, 0.5) is 0 Å². The zero-order valence-corrected chi connectivity index (χ0v) is 12.5. The Kier molecular flexibility index (Phi) is 14.8. The van der Waals surface area contributed by atoms with Gasteiger partial charge in [0.15, 0.2) is 0 Å². The number of hydrogen-bond donors (Lipinski definition) is 0. The summed E-state index contributed by atoms with van der Waals surface area (Å²) >= 11 is 0. The molecular weight excluding hydrogens is 198 g/mol. The van der Waals surface area contributed by atoms with Crippen LogP contribution in [0.2, 0.25) is 0 Å². The minimum Gasteiger partial charge on any atom is -0.373 e. The van der Waals surface area contributed by atoms with Crippen LogP contribution in [0.5, 0.6) is 0 Å². The first-order chi connectivity index (χ1) is 7.63. The molecule has 0 aromatic heterocycles. The molecule has 0 bridgehead atoms. The highest BCUT2D eigenvalue weighted by molar-refractivity contribution is 4.72. The maximum atomic E-state index is 5.62. The molecule has 1 fully saturated rings. The van der Waals surface area contributed by atoms with Crippen LogP contribution >= 0.6 is 0 Å². The lowest BCUT2D eigenvalue weighted by Gasteiger charge is -2.35. The van der Waals surface area contributed by atoms with Crippen molar-refractivity contribution in [3.63, 3.8) is 0 Å². The van der Waals surface area contributed by atoms with E-state index >= 15 is 0 Å². The second kappa shape index (κ2) is 13.0. The monoisotopic (exact) mass is 231 g/mol. The van der Waals surface area contributed by atoms with Crippen LogP contribution in [-0.2, 0) is 4.74 Å². The zero-order chi connectivity index (χ0) is 13.0. The van der Waals surface area contributed by atoms with E-state index in [1.165, 1.54) is 19.4 Å². The Morgan fingerprint density at radius 2 is 1.38 bits per heavy atom. The summed E-state index contributed by atoms with van der Waals surface area (Å²) in [5, 5.41) is 0. The summed E-state index contributed by atoms with van der Waals surface area (Å²) in [6, 6.07) is 0. The molecule has 1 saturated heterocycles. The van der Waals surface area contributed by atoms with E-state index in [1.54, 1.807) is 0 Å². The number of rotatable bonds is 2. The van der Waals surface area contributed by atoms with Gasteiger partial charge in [-0.2, -0.15) is 0 Å². The number of morpholine rings is 1. The predicted molar refractivity (Wildman–Crippen MR) is 74.1 cm³/mol. The Morgan fingerprint density at radius 3 is 1.69 bits per heavy atom. The van der Waals surface area contributed by atoms with Crippen molar-refractivity contribution in [2.45, 2.75) is 73.5 Å². The molecule has 2 unspecified atom stereocenters. The van der Waals surface area contributed by atoms with Gasteiger partial charge >= 0.3 is 0 Å². The van der Waals surface area contributed by atoms with Gasteiger partial charge in [0.05, 0.1) is 12.2 Å². The molecule has 0 aromatic rings. The fourth-order valence-electron chi connectivity index (χ4n) is 1.78. The molecule has 1 aliphatic rings. The van der Waals surface area contributed by atoms with Crippen LogP contribution < -0.4 is 0 Å². The lowest BCUT2D eigenvalue weighted by atomic mass is 10.2. The van der Waals surface area contributed by atoms with Crippen molar-refractivity contribution in [2.75, 3.05) is 19.6 Å². The largest absolute Gasteiger partial charge is 0.373 e. The Morgan fingerprint density at radius 1 is 1.00 bits per heavy atom. The van der Waals surface area contributed by atoms with Gasteiger partial charge in [-0.05, 0) is 26.8 Å². The minimum absolute atomic E-state index is 0.422. The summed E-state index contributed by atoms with van der Waals surface area (Å²) in [7, 11) is 0. The molecule has 0 aromatic carbocycles. The van der Waals surface area contributed by atoms with Crippen LogP contribution in [0.1, 0.15) is 61.3 Å². The summed E-state index contributed by atoms with van der Waals surface area (Å²) in [5.74, 6) is 0. The molecule has 2 heteroatoms. The average molecular weight is 231 g/mol. The van der Waals surface area contributed by atoms with Gasteiger partial charge in [0.2, 0.25) is 0 Å². The van der Waals surface area contributed by atoms with Gasteiger partial charge in [-0.15, -0.1) is 0 Å². The molecule has 1 rings (SSSR count). The highest BCUT2D eigenvalue weighted by Gasteiger charge is 2.20. The van der Waals surface area contributed by atoms with E-state index in [9.17, 15) is 0 Å². The van der Waals surface area contributed by atoms with E-state index in [0.29, 0.717) is 12.2 Å². The van der Waals surface area contributed by atoms with Gasteiger partial charge < -0.3 is 4.74 Å². The van der Waals surface area contributed by atoms with Gasteiger partial charge in [-0.25, -0.2) is 0 Å². The van der Waals surface area contributed by atoms with E-state index in [-0.39, 0.29) is 0 Å². The topological polar surface area (TPSA) is 12.5 Å². The van der Waals surface area contributed by atoms with Crippen molar-refractivity contribution in [3.8, 4) is 0 Å². The van der Waals surface area contributed by atoms with Crippen LogP contribution in [0, 0.1) is 0 Å². The Balaban J connectivity index is 0. The van der Waals surface area contributed by atoms with Gasteiger partial charge in [0.25, 0.3) is 0 Å². The SMILES string of the molecule is CC.CCC.CCCN1CC(C)OC(C)C1. The molecule has 0 aliphatic carbocycles. The molecule has 0 spiro atoms. The van der Waals surface area contributed by atoms with Crippen LogP contribution in [0.15, 0.2) is 0 Å².